The first kappa shape index (κ1) is 23.5. The number of rotatable bonds is 5. The van der Waals surface area contributed by atoms with Gasteiger partial charge < -0.3 is 20.0 Å². The van der Waals surface area contributed by atoms with E-state index in [0.717, 1.165) is 51.0 Å². The van der Waals surface area contributed by atoms with Crippen molar-refractivity contribution in [2.24, 2.45) is 11.8 Å². The molecule has 0 spiro atoms. The number of nitrogens with one attached hydrogen (secondary N) is 1. The lowest BCUT2D eigenvalue weighted by atomic mass is 9.78. The molecule has 4 rings (SSSR count). The summed E-state index contributed by atoms with van der Waals surface area (Å²) in [6.07, 6.45) is 11.3. The molecule has 1 saturated carbocycles. The van der Waals surface area contributed by atoms with Crippen molar-refractivity contribution in [3.05, 3.63) is 27.7 Å². The lowest BCUT2D eigenvalue weighted by Crippen LogP contribution is -2.50. The number of nitrogens with zero attached hydrogens (tertiary/aromatic N) is 3. The molecule has 1 aliphatic carbocycles. The SMILES string of the molecule is CN(C)CCNC(=O)N1CCC(C2=C=CC(C(=O)N3CCCC4CCCCC43)=CS2)CC1. The lowest BCUT2D eigenvalue weighted by molar-refractivity contribution is -0.132. The highest BCUT2D eigenvalue weighted by molar-refractivity contribution is 8.05. The first-order valence-electron chi connectivity index (χ1n) is 12.3. The van der Waals surface area contributed by atoms with Gasteiger partial charge in [-0.25, -0.2) is 4.79 Å². The Kier molecular flexibility index (Phi) is 8.03. The summed E-state index contributed by atoms with van der Waals surface area (Å²) in [6.45, 7) is 3.98. The normalized spacial score (nSPS) is 26.5. The fourth-order valence-electron chi connectivity index (χ4n) is 5.56. The maximum Gasteiger partial charge on any atom is 0.317 e. The van der Waals surface area contributed by atoms with Crippen LogP contribution in [-0.4, -0.2) is 79.5 Å². The van der Waals surface area contributed by atoms with Crippen LogP contribution >= 0.6 is 11.8 Å². The molecule has 2 saturated heterocycles. The molecule has 0 radical (unpaired) electrons. The standard InChI is InChI=1S/C25H38N4O2S/c1-27(2)17-13-26-25(31)28-15-11-20(12-16-28)23-10-9-21(18-32-23)24(30)29-14-5-7-19-6-3-4-8-22(19)29/h9,18-20,22H,3-8,11-17H2,1-2H3,(H,26,31). The zero-order valence-electron chi connectivity index (χ0n) is 19.6. The van der Waals surface area contributed by atoms with Crippen LogP contribution in [0, 0.1) is 11.8 Å². The Hall–Kier alpha value is -1.69. The van der Waals surface area contributed by atoms with Gasteiger partial charge in [-0.15, -0.1) is 5.73 Å². The molecule has 0 bridgehead atoms. The number of hydrogen-bond donors (Lipinski definition) is 1. The average molecular weight is 459 g/mol. The highest BCUT2D eigenvalue weighted by atomic mass is 32.2. The summed E-state index contributed by atoms with van der Waals surface area (Å²) in [4.78, 5) is 33.0. The van der Waals surface area contributed by atoms with E-state index in [1.807, 2.05) is 30.5 Å². The van der Waals surface area contributed by atoms with Crippen molar-refractivity contribution in [2.45, 2.75) is 57.4 Å². The van der Waals surface area contributed by atoms with Crippen molar-refractivity contribution in [1.29, 1.82) is 0 Å². The van der Waals surface area contributed by atoms with E-state index < -0.39 is 0 Å². The smallest absolute Gasteiger partial charge is 0.317 e. The Balaban J connectivity index is 1.29. The number of thioether (sulfide) groups is 1. The van der Waals surface area contributed by atoms with Gasteiger partial charge in [0, 0.05) is 49.6 Å². The van der Waals surface area contributed by atoms with Crippen molar-refractivity contribution >= 4 is 23.7 Å². The number of piperidine rings is 2. The Morgan fingerprint density at radius 3 is 2.56 bits per heavy atom. The van der Waals surface area contributed by atoms with Gasteiger partial charge in [-0.3, -0.25) is 4.79 Å². The molecule has 2 unspecified atom stereocenters. The maximum absolute atomic E-state index is 13.2. The van der Waals surface area contributed by atoms with E-state index in [-0.39, 0.29) is 11.9 Å². The summed E-state index contributed by atoms with van der Waals surface area (Å²) in [5.41, 5.74) is 4.23. The Morgan fingerprint density at radius 2 is 1.84 bits per heavy atom. The number of amides is 3. The largest absolute Gasteiger partial charge is 0.337 e. The second kappa shape index (κ2) is 11.0. The van der Waals surface area contributed by atoms with Crippen molar-refractivity contribution in [2.75, 3.05) is 46.8 Å². The van der Waals surface area contributed by atoms with Gasteiger partial charge in [0.2, 0.25) is 0 Å². The van der Waals surface area contributed by atoms with Gasteiger partial charge in [0.05, 0.1) is 5.57 Å². The van der Waals surface area contributed by atoms with Crippen LogP contribution in [0.25, 0.3) is 0 Å². The van der Waals surface area contributed by atoms with E-state index in [9.17, 15) is 9.59 Å². The molecular formula is C25H38N4O2S. The van der Waals surface area contributed by atoms with Crippen LogP contribution in [0.3, 0.4) is 0 Å². The van der Waals surface area contributed by atoms with Crippen LogP contribution in [0.15, 0.2) is 27.7 Å². The highest BCUT2D eigenvalue weighted by Crippen LogP contribution is 2.38. The monoisotopic (exact) mass is 458 g/mol. The zero-order chi connectivity index (χ0) is 22.5. The fourth-order valence-corrected chi connectivity index (χ4v) is 6.53. The van der Waals surface area contributed by atoms with Gasteiger partial charge in [-0.2, -0.15) is 0 Å². The van der Waals surface area contributed by atoms with E-state index >= 15 is 0 Å². The molecule has 176 valence electrons. The third kappa shape index (κ3) is 5.62. The minimum atomic E-state index is 0.0430. The Labute approximate surface area is 197 Å². The number of carbonyl (C=O) groups excluding carboxylic acids is 2. The molecule has 3 amide bonds. The van der Waals surface area contributed by atoms with E-state index in [4.69, 9.17) is 0 Å². The lowest BCUT2D eigenvalue weighted by Gasteiger charge is -2.44. The summed E-state index contributed by atoms with van der Waals surface area (Å²) in [6, 6.07) is 0.490. The number of hydrogen-bond acceptors (Lipinski definition) is 4. The molecule has 3 aliphatic heterocycles. The Bertz CT molecular complexity index is 792. The predicted octanol–water partition coefficient (Wildman–Crippen LogP) is 3.82. The van der Waals surface area contributed by atoms with Crippen molar-refractivity contribution < 1.29 is 9.59 Å². The van der Waals surface area contributed by atoms with Gasteiger partial charge in [0.1, 0.15) is 0 Å². The van der Waals surface area contributed by atoms with Gasteiger partial charge in [-0.1, -0.05) is 24.6 Å². The second-order valence-electron chi connectivity index (χ2n) is 9.89. The van der Waals surface area contributed by atoms with E-state index in [0.29, 0.717) is 24.4 Å². The number of fused-ring (bicyclic) bond motifs is 1. The fraction of sp³-hybridized carbons (Fsp3) is 0.720. The van der Waals surface area contributed by atoms with Crippen LogP contribution < -0.4 is 5.32 Å². The molecule has 0 aromatic carbocycles. The van der Waals surface area contributed by atoms with E-state index in [1.54, 1.807) is 11.8 Å². The van der Waals surface area contributed by atoms with Crippen molar-refractivity contribution in [3.8, 4) is 0 Å². The van der Waals surface area contributed by atoms with Crippen LogP contribution in [0.2, 0.25) is 0 Å². The average Bonchev–Trinajstić information content (AvgIpc) is 2.83. The third-order valence-electron chi connectivity index (χ3n) is 7.42. The second-order valence-corrected chi connectivity index (χ2v) is 10.8. The first-order valence-corrected chi connectivity index (χ1v) is 13.2. The van der Waals surface area contributed by atoms with E-state index in [1.165, 1.54) is 37.0 Å². The number of likely N-dealkylation sites (tertiary alicyclic amines) is 2. The van der Waals surface area contributed by atoms with Crippen molar-refractivity contribution in [1.82, 2.24) is 20.0 Å². The molecule has 3 heterocycles. The van der Waals surface area contributed by atoms with Gasteiger partial charge in [0.15, 0.2) is 0 Å². The summed E-state index contributed by atoms with van der Waals surface area (Å²) in [7, 11) is 4.01. The molecule has 4 aliphatic rings. The van der Waals surface area contributed by atoms with E-state index in [2.05, 4.69) is 20.8 Å². The summed E-state index contributed by atoms with van der Waals surface area (Å²) in [5.74, 6) is 1.33. The number of likely N-dealkylation sites (N-methyl/N-ethyl adjacent to an activating group) is 1. The molecule has 2 atom stereocenters. The zero-order valence-corrected chi connectivity index (χ0v) is 20.5. The quantitative estimate of drug-likeness (QED) is 0.637. The molecule has 3 fully saturated rings. The molecule has 32 heavy (non-hydrogen) atoms. The van der Waals surface area contributed by atoms with Crippen LogP contribution in [0.5, 0.6) is 0 Å². The van der Waals surface area contributed by atoms with Crippen LogP contribution in [0.4, 0.5) is 4.79 Å². The topological polar surface area (TPSA) is 55.9 Å². The highest BCUT2D eigenvalue weighted by Gasteiger charge is 2.36. The molecule has 0 aromatic heterocycles. The molecule has 1 N–H and O–H groups in total. The third-order valence-corrected chi connectivity index (χ3v) is 8.50. The Morgan fingerprint density at radius 1 is 1.09 bits per heavy atom. The predicted molar refractivity (Wildman–Crippen MR) is 130 cm³/mol. The van der Waals surface area contributed by atoms with Crippen LogP contribution in [-0.2, 0) is 4.79 Å². The van der Waals surface area contributed by atoms with Gasteiger partial charge >= 0.3 is 6.03 Å². The first-order chi connectivity index (χ1) is 15.5. The van der Waals surface area contributed by atoms with Crippen LogP contribution in [0.1, 0.15) is 51.4 Å². The minimum absolute atomic E-state index is 0.0430. The number of urea groups is 1. The summed E-state index contributed by atoms with van der Waals surface area (Å²) in [5, 5.41) is 5.05. The van der Waals surface area contributed by atoms with Gasteiger partial charge in [-0.05, 0) is 70.0 Å². The maximum atomic E-state index is 13.2. The summed E-state index contributed by atoms with van der Waals surface area (Å²) >= 11 is 1.67. The van der Waals surface area contributed by atoms with Gasteiger partial charge in [0.25, 0.3) is 5.91 Å². The minimum Gasteiger partial charge on any atom is -0.337 e. The summed E-state index contributed by atoms with van der Waals surface area (Å²) < 4.78 is 0. The molecule has 7 heteroatoms. The molecule has 0 aromatic rings. The molecule has 6 nitrogen and oxygen atoms in total. The number of carbonyl (C=O) groups is 2. The van der Waals surface area contributed by atoms with Crippen molar-refractivity contribution in [3.63, 3.8) is 0 Å². The molecular weight excluding hydrogens is 420 g/mol.